The van der Waals surface area contributed by atoms with E-state index in [1.807, 2.05) is 32.9 Å². The Labute approximate surface area is 265 Å². The highest BCUT2D eigenvalue weighted by atomic mass is 32.1. The lowest BCUT2D eigenvalue weighted by Gasteiger charge is -2.34. The molecular weight excluding hydrogens is 580 g/mol. The Morgan fingerprint density at radius 3 is 2.25 bits per heavy atom. The van der Waals surface area contributed by atoms with Crippen molar-refractivity contribution >= 4 is 40.8 Å². The summed E-state index contributed by atoms with van der Waals surface area (Å²) in [5.74, 6) is -1.61. The molecule has 4 amide bonds. The molecule has 1 aromatic carbocycles. The molecule has 2 aromatic rings. The highest BCUT2D eigenvalue weighted by molar-refractivity contribution is 7.09. The minimum atomic E-state index is -0.941. The third kappa shape index (κ3) is 11.4. The number of thiazole rings is 1. The van der Waals surface area contributed by atoms with Crippen molar-refractivity contribution in [2.24, 2.45) is 17.8 Å². The summed E-state index contributed by atoms with van der Waals surface area (Å²) < 4.78 is 0. The van der Waals surface area contributed by atoms with E-state index in [9.17, 15) is 24.3 Å². The molecule has 6 N–H and O–H groups in total. The third-order valence-corrected chi connectivity index (χ3v) is 8.87. The molecule has 0 saturated heterocycles. The van der Waals surface area contributed by atoms with Crippen molar-refractivity contribution in [1.29, 1.82) is 0 Å². The molecule has 0 aliphatic rings. The molecule has 0 bridgehead atoms. The Bertz CT molecular complexity index is 1230. The smallest absolute Gasteiger partial charge is 0.315 e. The average Bonchev–Trinajstić information content (AvgIpc) is 3.46. The van der Waals surface area contributed by atoms with Crippen LogP contribution in [0.15, 0.2) is 29.6 Å². The molecule has 0 spiro atoms. The first-order valence-electron chi connectivity index (χ1n) is 15.4. The molecule has 44 heavy (non-hydrogen) atoms. The van der Waals surface area contributed by atoms with Gasteiger partial charge >= 0.3 is 12.0 Å². The SMILES string of the molecule is CCNC(=O)N[C@H](C[C@H](C(C)C)N(C)C(=O)C[C@@H](C)CC)c1nc(C(=O)N[C@@H](Cc2ccc(N)cc2)C[C@H](C)C(=O)O)cs1. The van der Waals surface area contributed by atoms with Crippen molar-refractivity contribution in [3.63, 3.8) is 0 Å². The van der Waals surface area contributed by atoms with Crippen LogP contribution in [-0.4, -0.2) is 64.5 Å². The Kier molecular flexibility index (Phi) is 14.6. The van der Waals surface area contributed by atoms with Crippen molar-refractivity contribution in [3.05, 3.63) is 45.9 Å². The minimum absolute atomic E-state index is 0.0525. The van der Waals surface area contributed by atoms with Crippen molar-refractivity contribution in [3.8, 4) is 0 Å². The minimum Gasteiger partial charge on any atom is -0.481 e. The van der Waals surface area contributed by atoms with Crippen molar-refractivity contribution in [1.82, 2.24) is 25.8 Å². The maximum absolute atomic E-state index is 13.4. The van der Waals surface area contributed by atoms with Crippen molar-refractivity contribution in [2.45, 2.75) is 91.8 Å². The summed E-state index contributed by atoms with van der Waals surface area (Å²) in [6.07, 6.45) is 2.44. The maximum atomic E-state index is 13.4. The van der Waals surface area contributed by atoms with Gasteiger partial charge in [-0.1, -0.05) is 53.2 Å². The van der Waals surface area contributed by atoms with Gasteiger partial charge in [-0.2, -0.15) is 0 Å². The molecule has 0 radical (unpaired) electrons. The fourth-order valence-corrected chi connectivity index (χ4v) is 5.81. The predicted molar refractivity (Wildman–Crippen MR) is 174 cm³/mol. The average molecular weight is 631 g/mol. The number of carbonyl (C=O) groups is 4. The van der Waals surface area contributed by atoms with Gasteiger partial charge in [0.2, 0.25) is 5.91 Å². The van der Waals surface area contributed by atoms with E-state index in [4.69, 9.17) is 5.73 Å². The summed E-state index contributed by atoms with van der Waals surface area (Å²) in [6.45, 7) is 12.1. The third-order valence-electron chi connectivity index (χ3n) is 7.91. The fourth-order valence-electron chi connectivity index (χ4n) is 4.95. The van der Waals surface area contributed by atoms with Crippen molar-refractivity contribution < 1.29 is 24.3 Å². The van der Waals surface area contributed by atoms with E-state index in [2.05, 4.69) is 34.8 Å². The first-order valence-corrected chi connectivity index (χ1v) is 16.3. The number of nitrogens with two attached hydrogens (primary N) is 1. The number of nitrogens with zero attached hydrogens (tertiary/aromatic N) is 2. The lowest BCUT2D eigenvalue weighted by Crippen LogP contribution is -2.45. The standard InChI is InChI=1S/C32H50N6O5S/c1-8-20(5)14-28(39)38(7)27(19(3)4)17-25(37-32(43)34-9-2)30-36-26(18-44-30)29(40)35-24(15-21(6)31(41)42)16-22-10-12-23(33)13-11-22/h10-13,18-21,24-25,27H,8-9,14-17,33H2,1-7H3,(H,35,40)(H,41,42)(H2,34,37,43)/t20-,21-,24+,25+,27+/m0/s1. The van der Waals surface area contributed by atoms with Crippen LogP contribution in [0.4, 0.5) is 10.5 Å². The number of aliphatic carboxylic acids is 1. The van der Waals surface area contributed by atoms with E-state index < -0.39 is 29.9 Å². The van der Waals surface area contributed by atoms with Gasteiger partial charge in [-0.05, 0) is 55.7 Å². The number of carboxylic acid groups (broad SMARTS) is 1. The van der Waals surface area contributed by atoms with Gasteiger partial charge in [-0.15, -0.1) is 11.3 Å². The molecule has 1 heterocycles. The maximum Gasteiger partial charge on any atom is 0.315 e. The number of rotatable bonds is 17. The van der Waals surface area contributed by atoms with Gasteiger partial charge in [0.1, 0.15) is 10.7 Å². The first-order chi connectivity index (χ1) is 20.7. The van der Waals surface area contributed by atoms with Gasteiger partial charge in [0.05, 0.1) is 12.0 Å². The molecule has 1 aromatic heterocycles. The van der Waals surface area contributed by atoms with Crippen LogP contribution in [0.1, 0.15) is 94.3 Å². The van der Waals surface area contributed by atoms with Crippen LogP contribution in [0.3, 0.4) is 0 Å². The molecule has 5 atom stereocenters. The molecule has 0 saturated carbocycles. The van der Waals surface area contributed by atoms with Crippen molar-refractivity contribution in [2.75, 3.05) is 19.3 Å². The lowest BCUT2D eigenvalue weighted by molar-refractivity contribution is -0.141. The number of urea groups is 1. The normalized spacial score (nSPS) is 14.6. The summed E-state index contributed by atoms with van der Waals surface area (Å²) in [5.41, 5.74) is 7.52. The number of nitrogen functional groups attached to an aromatic ring is 1. The van der Waals surface area contributed by atoms with Gasteiger partial charge in [-0.3, -0.25) is 14.4 Å². The summed E-state index contributed by atoms with van der Waals surface area (Å²) in [7, 11) is 1.80. The fraction of sp³-hybridized carbons (Fsp3) is 0.594. The second kappa shape index (κ2) is 17.6. The van der Waals surface area contributed by atoms with E-state index >= 15 is 0 Å². The molecule has 2 rings (SSSR count). The van der Waals surface area contributed by atoms with Gasteiger partial charge < -0.3 is 31.7 Å². The first kappa shape index (κ1) is 36.5. The summed E-state index contributed by atoms with van der Waals surface area (Å²) >= 11 is 1.26. The van der Waals surface area contributed by atoms with Crippen LogP contribution in [0.5, 0.6) is 0 Å². The molecule has 0 unspecified atom stereocenters. The number of benzene rings is 1. The Hall–Kier alpha value is -3.67. The molecule has 0 aliphatic heterocycles. The number of carbonyl (C=O) groups excluding carboxylic acids is 3. The number of anilines is 1. The van der Waals surface area contributed by atoms with Crippen LogP contribution in [-0.2, 0) is 16.0 Å². The zero-order valence-electron chi connectivity index (χ0n) is 27.1. The van der Waals surface area contributed by atoms with Gasteiger partial charge in [0, 0.05) is 43.2 Å². The zero-order valence-corrected chi connectivity index (χ0v) is 27.9. The monoisotopic (exact) mass is 630 g/mol. The second-order valence-electron chi connectivity index (χ2n) is 12.0. The highest BCUT2D eigenvalue weighted by Crippen LogP contribution is 2.28. The van der Waals surface area contributed by atoms with E-state index in [0.717, 1.165) is 12.0 Å². The topological polar surface area (TPSA) is 167 Å². The van der Waals surface area contributed by atoms with Crippen LogP contribution < -0.4 is 21.7 Å². The number of nitrogens with one attached hydrogen (secondary N) is 3. The summed E-state index contributed by atoms with van der Waals surface area (Å²) in [5, 5.41) is 20.4. The number of carboxylic acids is 1. The van der Waals surface area contributed by atoms with E-state index in [1.165, 1.54) is 11.3 Å². The van der Waals surface area contributed by atoms with E-state index in [1.54, 1.807) is 36.4 Å². The van der Waals surface area contributed by atoms with Crippen LogP contribution in [0.2, 0.25) is 0 Å². The van der Waals surface area contributed by atoms with Crippen LogP contribution in [0, 0.1) is 17.8 Å². The van der Waals surface area contributed by atoms with Gasteiger partial charge in [0.25, 0.3) is 5.91 Å². The zero-order chi connectivity index (χ0) is 33.0. The van der Waals surface area contributed by atoms with Gasteiger partial charge in [-0.25, -0.2) is 9.78 Å². The molecule has 0 aliphatic carbocycles. The number of aromatic nitrogens is 1. The Balaban J connectivity index is 2.30. The summed E-state index contributed by atoms with van der Waals surface area (Å²) in [4.78, 5) is 57.1. The molecule has 12 heteroatoms. The van der Waals surface area contributed by atoms with E-state index in [-0.39, 0.29) is 41.9 Å². The Morgan fingerprint density at radius 1 is 1.02 bits per heavy atom. The van der Waals surface area contributed by atoms with E-state index in [0.29, 0.717) is 36.5 Å². The van der Waals surface area contributed by atoms with Crippen LogP contribution >= 0.6 is 11.3 Å². The highest BCUT2D eigenvalue weighted by Gasteiger charge is 2.30. The quantitative estimate of drug-likeness (QED) is 0.156. The molecule has 244 valence electrons. The number of hydrogen-bond donors (Lipinski definition) is 5. The molecular formula is C32H50N6O5S. The Morgan fingerprint density at radius 2 is 1.68 bits per heavy atom. The second-order valence-corrected chi connectivity index (χ2v) is 12.9. The lowest BCUT2D eigenvalue weighted by atomic mass is 9.94. The summed E-state index contributed by atoms with van der Waals surface area (Å²) in [6, 6.07) is 5.70. The molecule has 11 nitrogen and oxygen atoms in total. The number of hydrogen-bond acceptors (Lipinski definition) is 7. The largest absolute Gasteiger partial charge is 0.481 e. The predicted octanol–water partition coefficient (Wildman–Crippen LogP) is 4.85. The van der Waals surface area contributed by atoms with Crippen LogP contribution in [0.25, 0.3) is 0 Å². The number of amides is 4. The van der Waals surface area contributed by atoms with Gasteiger partial charge in [0.15, 0.2) is 0 Å². The molecule has 0 fully saturated rings.